The molecule has 3 heteroatoms. The summed E-state index contributed by atoms with van der Waals surface area (Å²) >= 11 is 0. The molecule has 0 aliphatic carbocycles. The van der Waals surface area contributed by atoms with Gasteiger partial charge in [-0.2, -0.15) is 0 Å². The van der Waals surface area contributed by atoms with Gasteiger partial charge in [0.25, 0.3) is 0 Å². The summed E-state index contributed by atoms with van der Waals surface area (Å²) in [6, 6.07) is 0. The van der Waals surface area contributed by atoms with E-state index in [1.807, 2.05) is 0 Å². The van der Waals surface area contributed by atoms with Gasteiger partial charge in [0.2, 0.25) is 0 Å². The fraction of sp³-hybridized carbons (Fsp3) is 1.00. The van der Waals surface area contributed by atoms with Gasteiger partial charge in [0.15, 0.2) is 13.6 Å². The molecule has 0 saturated heterocycles. The zero-order valence-electron chi connectivity index (χ0n) is 6.79. The highest BCUT2D eigenvalue weighted by Gasteiger charge is 2.36. The van der Waals surface area contributed by atoms with E-state index in [1.54, 1.807) is 20.8 Å². The Balaban J connectivity index is 4.14. The molecule has 0 aromatic carbocycles. The Hall–Kier alpha value is -0.0451. The van der Waals surface area contributed by atoms with Crippen LogP contribution in [0.3, 0.4) is 0 Å². The monoisotopic (exact) mass is 132 g/mol. The zero-order valence-corrected chi connectivity index (χ0v) is 6.79. The molecule has 0 aliphatic heterocycles. The van der Waals surface area contributed by atoms with Crippen LogP contribution in [0.4, 0.5) is 4.39 Å². The second-order valence-electron chi connectivity index (χ2n) is 3.37. The van der Waals surface area contributed by atoms with Crippen molar-refractivity contribution in [2.24, 2.45) is 5.41 Å². The van der Waals surface area contributed by atoms with E-state index >= 15 is 0 Å². The minimum absolute atomic E-state index is 0.443. The summed E-state index contributed by atoms with van der Waals surface area (Å²) in [5.74, 6) is -1.52. The minimum Gasteiger partial charge on any atom is -0.357 e. The van der Waals surface area contributed by atoms with Crippen molar-refractivity contribution in [2.75, 3.05) is 7.11 Å². The van der Waals surface area contributed by atoms with Crippen LogP contribution in [0.15, 0.2) is 0 Å². The van der Waals surface area contributed by atoms with Gasteiger partial charge in [0.05, 0.1) is 0 Å². The lowest BCUT2D eigenvalue weighted by molar-refractivity contribution is -0.121. The van der Waals surface area contributed by atoms with Gasteiger partial charge in [0.1, 0.15) is 0 Å². The number of hydrogen-bond donors (Lipinski definition) is 0. The summed E-state index contributed by atoms with van der Waals surface area (Å²) in [6.07, 6.45) is 0. The molecule has 0 rings (SSSR count). The van der Waals surface area contributed by atoms with E-state index in [4.69, 9.17) is 0 Å². The van der Waals surface area contributed by atoms with Crippen molar-refractivity contribution >= 4 is 7.85 Å². The van der Waals surface area contributed by atoms with Crippen LogP contribution in [-0.2, 0) is 4.74 Å². The maximum absolute atomic E-state index is 13.1. The molecule has 0 spiro atoms. The molecular formula is C6H14BFO. The average molecular weight is 132 g/mol. The van der Waals surface area contributed by atoms with Gasteiger partial charge in [-0.05, 0) is 0 Å². The highest BCUT2D eigenvalue weighted by molar-refractivity contribution is 6.13. The van der Waals surface area contributed by atoms with Crippen LogP contribution in [0, 0.1) is 5.41 Å². The first-order valence-corrected chi connectivity index (χ1v) is 3.05. The third-order valence-electron chi connectivity index (χ3n) is 1.72. The summed E-state index contributed by atoms with van der Waals surface area (Å²) in [7, 11) is 2.82. The summed E-state index contributed by atoms with van der Waals surface area (Å²) < 4.78 is 17.7. The van der Waals surface area contributed by atoms with Crippen LogP contribution in [0.5, 0.6) is 0 Å². The van der Waals surface area contributed by atoms with Crippen LogP contribution >= 0.6 is 0 Å². The Morgan fingerprint density at radius 2 is 1.67 bits per heavy atom. The Labute approximate surface area is 57.0 Å². The Bertz CT molecular complexity index is 95.7. The number of halogens is 1. The molecule has 0 amide bonds. The van der Waals surface area contributed by atoms with Crippen LogP contribution < -0.4 is 0 Å². The molecular weight excluding hydrogens is 118 g/mol. The second kappa shape index (κ2) is 2.29. The lowest BCUT2D eigenvalue weighted by atomic mass is 9.74. The number of methoxy groups -OCH3 is 1. The molecule has 0 fully saturated rings. The van der Waals surface area contributed by atoms with Crippen LogP contribution in [0.1, 0.15) is 20.8 Å². The lowest BCUT2D eigenvalue weighted by Gasteiger charge is -2.33. The maximum atomic E-state index is 13.1. The Morgan fingerprint density at radius 3 is 1.67 bits per heavy atom. The van der Waals surface area contributed by atoms with Gasteiger partial charge in [-0.15, -0.1) is 0 Å². The molecule has 0 aliphatic rings. The quantitative estimate of drug-likeness (QED) is 0.482. The first kappa shape index (κ1) is 8.95. The number of hydrogen-bond acceptors (Lipinski definition) is 1. The topological polar surface area (TPSA) is 9.23 Å². The molecule has 0 heterocycles. The predicted octanol–water partition coefficient (Wildman–Crippen LogP) is 0.935. The maximum Gasteiger partial charge on any atom is 0.186 e. The number of rotatable bonds is 1. The molecule has 1 nitrogen and oxygen atoms in total. The smallest absolute Gasteiger partial charge is 0.186 e. The first-order chi connectivity index (χ1) is 3.81. The summed E-state index contributed by atoms with van der Waals surface area (Å²) in [4.78, 5) is 0. The zero-order chi connectivity index (χ0) is 7.71. The molecule has 0 saturated carbocycles. The molecule has 1 atom stereocenters. The van der Waals surface area contributed by atoms with Gasteiger partial charge >= 0.3 is 0 Å². The number of ether oxygens (including phenoxy) is 1. The van der Waals surface area contributed by atoms with Crippen molar-refractivity contribution in [3.05, 3.63) is 0 Å². The van der Waals surface area contributed by atoms with E-state index in [-0.39, 0.29) is 0 Å². The van der Waals surface area contributed by atoms with Crippen LogP contribution in [0.25, 0.3) is 0 Å². The third kappa shape index (κ3) is 1.97. The fourth-order valence-corrected chi connectivity index (χ4v) is 0.306. The van der Waals surface area contributed by atoms with E-state index < -0.39 is 11.2 Å². The highest BCUT2D eigenvalue weighted by Crippen LogP contribution is 2.31. The summed E-state index contributed by atoms with van der Waals surface area (Å²) in [5.41, 5.74) is -0.443. The van der Waals surface area contributed by atoms with Gasteiger partial charge in [-0.3, -0.25) is 0 Å². The lowest BCUT2D eigenvalue weighted by Crippen LogP contribution is -2.40. The van der Waals surface area contributed by atoms with E-state index in [0.29, 0.717) is 0 Å². The third-order valence-corrected chi connectivity index (χ3v) is 1.72. The van der Waals surface area contributed by atoms with Crippen LogP contribution in [-0.4, -0.2) is 20.7 Å². The van der Waals surface area contributed by atoms with Gasteiger partial charge < -0.3 is 4.74 Å². The molecule has 1 unspecified atom stereocenters. The molecule has 0 radical (unpaired) electrons. The molecule has 0 aromatic rings. The largest absolute Gasteiger partial charge is 0.357 e. The van der Waals surface area contributed by atoms with Crippen molar-refractivity contribution < 1.29 is 9.13 Å². The average Bonchev–Trinajstić information content (AvgIpc) is 1.64. The van der Waals surface area contributed by atoms with Gasteiger partial charge in [-0.25, -0.2) is 4.39 Å². The summed E-state index contributed by atoms with van der Waals surface area (Å²) in [6.45, 7) is 5.41. The van der Waals surface area contributed by atoms with Crippen molar-refractivity contribution in [2.45, 2.75) is 26.5 Å². The molecule has 0 bridgehead atoms. The molecule has 54 valence electrons. The Kier molecular flexibility index (Phi) is 2.28. The fourth-order valence-electron chi connectivity index (χ4n) is 0.306. The standard InChI is InChI=1S/C6H14BFO/c1-5(2,3)6(7,8)9-4/h7H2,1-4H3. The van der Waals surface area contributed by atoms with E-state index in [1.165, 1.54) is 15.0 Å². The van der Waals surface area contributed by atoms with Crippen molar-refractivity contribution in [1.29, 1.82) is 0 Å². The van der Waals surface area contributed by atoms with Gasteiger partial charge in [0, 0.05) is 12.5 Å². The number of alkyl halides is 1. The first-order valence-electron chi connectivity index (χ1n) is 3.05. The molecule has 9 heavy (non-hydrogen) atoms. The van der Waals surface area contributed by atoms with Crippen molar-refractivity contribution in [1.82, 2.24) is 0 Å². The highest BCUT2D eigenvalue weighted by atomic mass is 19.2. The van der Waals surface area contributed by atoms with E-state index in [9.17, 15) is 4.39 Å². The van der Waals surface area contributed by atoms with Crippen molar-refractivity contribution in [3.63, 3.8) is 0 Å². The Morgan fingerprint density at radius 1 is 1.33 bits per heavy atom. The normalized spacial score (nSPS) is 19.2. The predicted molar refractivity (Wildman–Crippen MR) is 38.8 cm³/mol. The van der Waals surface area contributed by atoms with Gasteiger partial charge in [-0.1, -0.05) is 20.8 Å². The minimum atomic E-state index is -1.52. The van der Waals surface area contributed by atoms with Crippen LogP contribution in [0.2, 0.25) is 0 Å². The summed E-state index contributed by atoms with van der Waals surface area (Å²) in [5, 5.41) is 0. The van der Waals surface area contributed by atoms with E-state index in [2.05, 4.69) is 4.74 Å². The van der Waals surface area contributed by atoms with E-state index in [0.717, 1.165) is 0 Å². The molecule has 0 N–H and O–H groups in total. The molecule has 0 aromatic heterocycles. The second-order valence-corrected chi connectivity index (χ2v) is 3.37. The van der Waals surface area contributed by atoms with Crippen molar-refractivity contribution in [3.8, 4) is 0 Å². The SMILES string of the molecule is BC(F)(OC)C(C)(C)C.